The maximum atomic E-state index is 13.7. The third kappa shape index (κ3) is 3.83. The number of nitrogens with one attached hydrogen (secondary N) is 2. The van der Waals surface area contributed by atoms with Crippen molar-refractivity contribution in [3.63, 3.8) is 0 Å². The Kier molecular flexibility index (Phi) is 4.76. The minimum Gasteiger partial charge on any atom is -0.340 e. The molecule has 0 unspecified atom stereocenters. The predicted octanol–water partition coefficient (Wildman–Crippen LogP) is 5.34. The minimum atomic E-state index is -1.56. The average molecular weight is 365 g/mol. The molecule has 1 aromatic heterocycles. The molecule has 0 aliphatic heterocycles. The van der Waals surface area contributed by atoms with Crippen LogP contribution in [0.4, 0.5) is 36.3 Å². The van der Waals surface area contributed by atoms with E-state index in [2.05, 4.69) is 20.6 Å². The van der Waals surface area contributed by atoms with Gasteiger partial charge in [-0.1, -0.05) is 17.7 Å². The zero-order valence-electron chi connectivity index (χ0n) is 12.9. The summed E-state index contributed by atoms with van der Waals surface area (Å²) in [6, 6.07) is 8.84. The fourth-order valence-electron chi connectivity index (χ4n) is 2.10. The predicted molar refractivity (Wildman–Crippen MR) is 91.1 cm³/mol. The van der Waals surface area contributed by atoms with Crippen molar-refractivity contribution in [3.8, 4) is 0 Å². The molecule has 0 saturated heterocycles. The molecule has 0 radical (unpaired) electrons. The summed E-state index contributed by atoms with van der Waals surface area (Å²) in [5, 5.41) is 6.15. The van der Waals surface area contributed by atoms with Crippen molar-refractivity contribution in [2.24, 2.45) is 0 Å². The molecule has 3 aromatic rings. The summed E-state index contributed by atoms with van der Waals surface area (Å²) in [4.78, 5) is 8.11. The smallest absolute Gasteiger partial charge is 0.229 e. The second-order valence-corrected chi connectivity index (χ2v) is 5.63. The van der Waals surface area contributed by atoms with Gasteiger partial charge in [-0.15, -0.1) is 0 Å². The van der Waals surface area contributed by atoms with Crippen LogP contribution in [0, 0.1) is 24.4 Å². The SMILES string of the molecule is Cc1ccc(Cl)cc1Nc1ccnc(Nc2ccc(F)c(F)c2F)n1. The highest BCUT2D eigenvalue weighted by Gasteiger charge is 2.14. The molecule has 8 heteroatoms. The molecule has 3 rings (SSSR count). The van der Waals surface area contributed by atoms with E-state index in [0.29, 0.717) is 10.8 Å². The first kappa shape index (κ1) is 17.0. The van der Waals surface area contributed by atoms with Crippen LogP contribution < -0.4 is 10.6 Å². The van der Waals surface area contributed by atoms with Gasteiger partial charge in [0.15, 0.2) is 17.5 Å². The van der Waals surface area contributed by atoms with Crippen LogP contribution in [0.25, 0.3) is 0 Å². The number of anilines is 4. The largest absolute Gasteiger partial charge is 0.340 e. The number of nitrogens with zero attached hydrogens (tertiary/aromatic N) is 2. The first-order valence-electron chi connectivity index (χ1n) is 7.21. The van der Waals surface area contributed by atoms with Gasteiger partial charge in [0, 0.05) is 16.9 Å². The Balaban J connectivity index is 1.85. The van der Waals surface area contributed by atoms with Crippen LogP contribution >= 0.6 is 11.6 Å². The number of rotatable bonds is 4. The van der Waals surface area contributed by atoms with Gasteiger partial charge in [0.05, 0.1) is 5.69 Å². The Hall–Kier alpha value is -2.80. The van der Waals surface area contributed by atoms with Gasteiger partial charge in [-0.05, 0) is 42.8 Å². The van der Waals surface area contributed by atoms with Crippen LogP contribution in [0.15, 0.2) is 42.6 Å². The van der Waals surface area contributed by atoms with Crippen molar-refractivity contribution in [1.29, 1.82) is 0 Å². The fourth-order valence-corrected chi connectivity index (χ4v) is 2.27. The van der Waals surface area contributed by atoms with E-state index in [9.17, 15) is 13.2 Å². The number of aryl methyl sites for hydroxylation is 1. The molecule has 0 saturated carbocycles. The molecule has 0 spiro atoms. The van der Waals surface area contributed by atoms with Crippen molar-refractivity contribution in [3.05, 3.63) is 70.6 Å². The molecule has 0 aliphatic rings. The fraction of sp³-hybridized carbons (Fsp3) is 0.0588. The lowest BCUT2D eigenvalue weighted by Gasteiger charge is -2.11. The third-order valence-corrected chi connectivity index (χ3v) is 3.63. The van der Waals surface area contributed by atoms with Crippen molar-refractivity contribution >= 4 is 34.7 Å². The summed E-state index contributed by atoms with van der Waals surface area (Å²) in [5.74, 6) is -3.72. The minimum absolute atomic E-state index is 0.0228. The Morgan fingerprint density at radius 2 is 1.72 bits per heavy atom. The lowest BCUT2D eigenvalue weighted by atomic mass is 10.2. The second kappa shape index (κ2) is 6.98. The monoisotopic (exact) mass is 364 g/mol. The van der Waals surface area contributed by atoms with Gasteiger partial charge >= 0.3 is 0 Å². The maximum Gasteiger partial charge on any atom is 0.229 e. The molecule has 0 atom stereocenters. The van der Waals surface area contributed by atoms with E-state index in [4.69, 9.17) is 11.6 Å². The van der Waals surface area contributed by atoms with Crippen LogP contribution in [0.2, 0.25) is 5.02 Å². The molecule has 0 bridgehead atoms. The molecule has 25 heavy (non-hydrogen) atoms. The van der Waals surface area contributed by atoms with Crippen LogP contribution in [-0.4, -0.2) is 9.97 Å². The van der Waals surface area contributed by atoms with Crippen LogP contribution in [0.5, 0.6) is 0 Å². The molecule has 0 amide bonds. The quantitative estimate of drug-likeness (QED) is 0.613. The molecule has 128 valence electrons. The molecule has 0 fully saturated rings. The molecule has 2 aromatic carbocycles. The number of aromatic nitrogens is 2. The molecule has 4 nitrogen and oxygen atoms in total. The number of halogens is 4. The van der Waals surface area contributed by atoms with Crippen molar-refractivity contribution < 1.29 is 13.2 Å². The number of hydrogen-bond donors (Lipinski definition) is 2. The lowest BCUT2D eigenvalue weighted by molar-refractivity contribution is 0.449. The van der Waals surface area contributed by atoms with Crippen molar-refractivity contribution in [2.75, 3.05) is 10.6 Å². The van der Waals surface area contributed by atoms with Crippen LogP contribution in [0.3, 0.4) is 0 Å². The van der Waals surface area contributed by atoms with Gasteiger partial charge in [-0.25, -0.2) is 18.2 Å². The van der Waals surface area contributed by atoms with Gasteiger partial charge in [0.25, 0.3) is 0 Å². The van der Waals surface area contributed by atoms with E-state index in [-0.39, 0.29) is 11.6 Å². The van der Waals surface area contributed by atoms with E-state index in [1.807, 2.05) is 13.0 Å². The van der Waals surface area contributed by atoms with Gasteiger partial charge in [-0.2, -0.15) is 4.98 Å². The Bertz CT molecular complexity index is 934. The Morgan fingerprint density at radius 1 is 0.920 bits per heavy atom. The zero-order chi connectivity index (χ0) is 18.0. The highest BCUT2D eigenvalue weighted by molar-refractivity contribution is 6.30. The van der Waals surface area contributed by atoms with Crippen LogP contribution in [-0.2, 0) is 0 Å². The summed E-state index contributed by atoms with van der Waals surface area (Å²) in [6.07, 6.45) is 1.44. The molecule has 0 aliphatic carbocycles. The van der Waals surface area contributed by atoms with Gasteiger partial charge in [0.2, 0.25) is 5.95 Å². The van der Waals surface area contributed by atoms with E-state index >= 15 is 0 Å². The van der Waals surface area contributed by atoms with Crippen molar-refractivity contribution in [2.45, 2.75) is 6.92 Å². The highest BCUT2D eigenvalue weighted by atomic mass is 35.5. The summed E-state index contributed by atoms with van der Waals surface area (Å²) in [5.41, 5.74) is 1.43. The normalized spacial score (nSPS) is 10.6. The van der Waals surface area contributed by atoms with Crippen LogP contribution in [0.1, 0.15) is 5.56 Å². The van der Waals surface area contributed by atoms with Gasteiger partial charge < -0.3 is 10.6 Å². The Morgan fingerprint density at radius 3 is 2.52 bits per heavy atom. The first-order valence-corrected chi connectivity index (χ1v) is 7.58. The number of benzene rings is 2. The van der Waals surface area contributed by atoms with E-state index in [0.717, 1.165) is 23.4 Å². The van der Waals surface area contributed by atoms with E-state index in [1.54, 1.807) is 18.2 Å². The molecule has 2 N–H and O–H groups in total. The molecular weight excluding hydrogens is 353 g/mol. The highest BCUT2D eigenvalue weighted by Crippen LogP contribution is 2.25. The molecule has 1 heterocycles. The molecular formula is C17H12ClF3N4. The summed E-state index contributed by atoms with van der Waals surface area (Å²) < 4.78 is 40.0. The Labute approximate surface area is 146 Å². The average Bonchev–Trinajstić information content (AvgIpc) is 2.59. The maximum absolute atomic E-state index is 13.7. The summed E-state index contributed by atoms with van der Waals surface area (Å²) in [7, 11) is 0. The standard InChI is InChI=1S/C17H12ClF3N4/c1-9-2-3-10(18)8-13(9)23-14-6-7-22-17(25-14)24-12-5-4-11(19)15(20)16(12)21/h2-8H,1H3,(H2,22,23,24,25). The number of hydrogen-bond acceptors (Lipinski definition) is 4. The second-order valence-electron chi connectivity index (χ2n) is 5.20. The van der Waals surface area contributed by atoms with Gasteiger partial charge in [0.1, 0.15) is 5.82 Å². The van der Waals surface area contributed by atoms with Gasteiger partial charge in [-0.3, -0.25) is 0 Å². The topological polar surface area (TPSA) is 49.8 Å². The third-order valence-electron chi connectivity index (χ3n) is 3.40. The van der Waals surface area contributed by atoms with E-state index in [1.165, 1.54) is 6.20 Å². The summed E-state index contributed by atoms with van der Waals surface area (Å²) >= 11 is 5.97. The zero-order valence-corrected chi connectivity index (χ0v) is 13.7. The first-order chi connectivity index (χ1) is 11.9. The van der Waals surface area contributed by atoms with Crippen molar-refractivity contribution in [1.82, 2.24) is 9.97 Å². The lowest BCUT2D eigenvalue weighted by Crippen LogP contribution is -2.04. The van der Waals surface area contributed by atoms with E-state index < -0.39 is 17.5 Å². The summed E-state index contributed by atoms with van der Waals surface area (Å²) in [6.45, 7) is 1.90.